The number of amides is 3. The van der Waals surface area contributed by atoms with Gasteiger partial charge in [0.25, 0.3) is 0 Å². The Morgan fingerprint density at radius 2 is 1.78 bits per heavy atom. The van der Waals surface area contributed by atoms with Crippen molar-refractivity contribution in [2.45, 2.75) is 52.0 Å². The molecule has 0 aliphatic carbocycles. The third kappa shape index (κ3) is 4.20. The van der Waals surface area contributed by atoms with Crippen molar-refractivity contribution in [3.8, 4) is 0 Å². The summed E-state index contributed by atoms with van der Waals surface area (Å²) in [5, 5.41) is 2.60. The van der Waals surface area contributed by atoms with Gasteiger partial charge in [-0.3, -0.25) is 4.79 Å². The first-order valence-corrected chi connectivity index (χ1v) is 6.91. The van der Waals surface area contributed by atoms with Crippen LogP contribution in [0, 0.1) is 5.92 Å². The van der Waals surface area contributed by atoms with Crippen LogP contribution in [0.1, 0.15) is 46.0 Å². The number of primary amides is 1. The molecule has 5 nitrogen and oxygen atoms in total. The Morgan fingerprint density at radius 3 is 2.22 bits per heavy atom. The van der Waals surface area contributed by atoms with E-state index in [4.69, 9.17) is 5.73 Å². The molecule has 18 heavy (non-hydrogen) atoms. The molecule has 0 radical (unpaired) electrons. The number of nitrogens with zero attached hydrogens (tertiary/aromatic N) is 1. The average molecular weight is 255 g/mol. The van der Waals surface area contributed by atoms with E-state index in [1.807, 2.05) is 18.7 Å². The molecule has 3 amide bonds. The van der Waals surface area contributed by atoms with Gasteiger partial charge in [0.1, 0.15) is 6.04 Å². The fraction of sp³-hybridized carbons (Fsp3) is 0.846. The minimum atomic E-state index is -0.622. The standard InChI is InChI=1S/C13H25N3O2/c1-3-10(2)11(15-13(14)18)12(17)16-8-6-4-5-7-9-16/h10-11H,3-9H2,1-2H3,(H3,14,15,18)/t10-,11-/m0/s1. The number of nitrogens with two attached hydrogens (primary N) is 1. The quantitative estimate of drug-likeness (QED) is 0.798. The maximum absolute atomic E-state index is 12.4. The molecule has 1 aliphatic rings. The summed E-state index contributed by atoms with van der Waals surface area (Å²) in [4.78, 5) is 25.3. The molecular formula is C13H25N3O2. The van der Waals surface area contributed by atoms with Crippen molar-refractivity contribution in [1.29, 1.82) is 0 Å². The maximum atomic E-state index is 12.4. The number of carbonyl (C=O) groups excluding carboxylic acids is 2. The Kier molecular flexibility index (Phi) is 5.95. The minimum absolute atomic E-state index is 0.0186. The summed E-state index contributed by atoms with van der Waals surface area (Å²) in [6, 6.07) is -1.10. The van der Waals surface area contributed by atoms with Gasteiger partial charge in [0.15, 0.2) is 0 Å². The highest BCUT2D eigenvalue weighted by Crippen LogP contribution is 2.15. The topological polar surface area (TPSA) is 75.4 Å². The second-order valence-corrected chi connectivity index (χ2v) is 5.11. The number of likely N-dealkylation sites (tertiary alicyclic amines) is 1. The van der Waals surface area contributed by atoms with Crippen LogP contribution in [0.3, 0.4) is 0 Å². The van der Waals surface area contributed by atoms with Crippen LogP contribution in [-0.2, 0) is 4.79 Å². The molecule has 104 valence electrons. The van der Waals surface area contributed by atoms with E-state index < -0.39 is 12.1 Å². The summed E-state index contributed by atoms with van der Waals surface area (Å²) < 4.78 is 0. The van der Waals surface area contributed by atoms with Crippen molar-refractivity contribution in [1.82, 2.24) is 10.2 Å². The van der Waals surface area contributed by atoms with Crippen molar-refractivity contribution in [3.05, 3.63) is 0 Å². The number of urea groups is 1. The van der Waals surface area contributed by atoms with Crippen LogP contribution in [0.4, 0.5) is 4.79 Å². The van der Waals surface area contributed by atoms with Crippen molar-refractivity contribution in [3.63, 3.8) is 0 Å². The number of rotatable bonds is 4. The maximum Gasteiger partial charge on any atom is 0.312 e. The van der Waals surface area contributed by atoms with E-state index in [1.165, 1.54) is 12.8 Å². The lowest BCUT2D eigenvalue weighted by Gasteiger charge is -2.29. The molecule has 1 aliphatic heterocycles. The highest BCUT2D eigenvalue weighted by Gasteiger charge is 2.29. The first kappa shape index (κ1) is 14.8. The largest absolute Gasteiger partial charge is 0.352 e. The molecule has 0 saturated carbocycles. The average Bonchev–Trinajstić information content (AvgIpc) is 2.62. The van der Waals surface area contributed by atoms with Gasteiger partial charge in [0.2, 0.25) is 5.91 Å². The van der Waals surface area contributed by atoms with Crippen molar-refractivity contribution >= 4 is 11.9 Å². The summed E-state index contributed by atoms with van der Waals surface area (Å²) in [5.74, 6) is 0.123. The molecule has 0 aromatic carbocycles. The first-order valence-electron chi connectivity index (χ1n) is 6.91. The van der Waals surface area contributed by atoms with E-state index in [9.17, 15) is 9.59 Å². The highest BCUT2D eigenvalue weighted by molar-refractivity contribution is 5.86. The third-order valence-electron chi connectivity index (χ3n) is 3.69. The van der Waals surface area contributed by atoms with Crippen molar-refractivity contribution in [2.75, 3.05) is 13.1 Å². The fourth-order valence-corrected chi connectivity index (χ4v) is 2.32. The van der Waals surface area contributed by atoms with Gasteiger partial charge in [-0.15, -0.1) is 0 Å². The van der Waals surface area contributed by atoms with Crippen LogP contribution in [0.15, 0.2) is 0 Å². The predicted molar refractivity (Wildman–Crippen MR) is 71.0 cm³/mol. The second kappa shape index (κ2) is 7.24. The molecule has 2 atom stereocenters. The zero-order valence-corrected chi connectivity index (χ0v) is 11.4. The lowest BCUT2D eigenvalue weighted by atomic mass is 9.98. The minimum Gasteiger partial charge on any atom is -0.352 e. The summed E-state index contributed by atoms with van der Waals surface area (Å²) in [7, 11) is 0. The lowest BCUT2D eigenvalue weighted by Crippen LogP contribution is -2.53. The van der Waals surface area contributed by atoms with Gasteiger partial charge in [0, 0.05) is 13.1 Å². The molecule has 5 heteroatoms. The van der Waals surface area contributed by atoms with Gasteiger partial charge in [-0.2, -0.15) is 0 Å². The molecule has 0 spiro atoms. The van der Waals surface area contributed by atoms with Gasteiger partial charge in [0.05, 0.1) is 0 Å². The number of carbonyl (C=O) groups is 2. The molecule has 3 N–H and O–H groups in total. The Balaban J connectivity index is 2.69. The molecule has 1 saturated heterocycles. The SMILES string of the molecule is CC[C@H](C)[C@H](NC(N)=O)C(=O)N1CCCCCC1. The van der Waals surface area contributed by atoms with Gasteiger partial charge >= 0.3 is 6.03 Å². The van der Waals surface area contributed by atoms with Crippen LogP contribution in [0.25, 0.3) is 0 Å². The molecule has 0 aromatic rings. The summed E-state index contributed by atoms with van der Waals surface area (Å²) in [6.45, 7) is 5.57. The Hall–Kier alpha value is -1.26. The Morgan fingerprint density at radius 1 is 1.22 bits per heavy atom. The summed E-state index contributed by atoms with van der Waals surface area (Å²) >= 11 is 0. The Bertz CT molecular complexity index is 286. The third-order valence-corrected chi connectivity index (χ3v) is 3.69. The van der Waals surface area contributed by atoms with Gasteiger partial charge < -0.3 is 16.0 Å². The zero-order chi connectivity index (χ0) is 13.5. The molecular weight excluding hydrogens is 230 g/mol. The van der Waals surface area contributed by atoms with Crippen molar-refractivity contribution < 1.29 is 9.59 Å². The van der Waals surface area contributed by atoms with Crippen LogP contribution in [-0.4, -0.2) is 36.0 Å². The molecule has 1 fully saturated rings. The van der Waals surface area contributed by atoms with E-state index >= 15 is 0 Å². The number of hydrogen-bond acceptors (Lipinski definition) is 2. The molecule has 1 heterocycles. The molecule has 0 unspecified atom stereocenters. The lowest BCUT2D eigenvalue weighted by molar-refractivity contribution is -0.134. The zero-order valence-electron chi connectivity index (χ0n) is 11.4. The molecule has 0 aromatic heterocycles. The summed E-state index contributed by atoms with van der Waals surface area (Å²) in [6.07, 6.45) is 5.30. The van der Waals surface area contributed by atoms with Crippen LogP contribution in [0.5, 0.6) is 0 Å². The van der Waals surface area contributed by atoms with Crippen molar-refractivity contribution in [2.24, 2.45) is 11.7 Å². The van der Waals surface area contributed by atoms with E-state index in [0.29, 0.717) is 0 Å². The Labute approximate surface area is 109 Å². The van der Waals surface area contributed by atoms with Gasteiger partial charge in [-0.05, 0) is 18.8 Å². The number of nitrogens with one attached hydrogen (secondary N) is 1. The van der Waals surface area contributed by atoms with E-state index in [-0.39, 0.29) is 11.8 Å². The van der Waals surface area contributed by atoms with Gasteiger partial charge in [-0.25, -0.2) is 4.79 Å². The second-order valence-electron chi connectivity index (χ2n) is 5.11. The first-order chi connectivity index (χ1) is 8.56. The highest BCUT2D eigenvalue weighted by atomic mass is 16.2. The summed E-state index contributed by atoms with van der Waals surface area (Å²) in [5.41, 5.74) is 5.16. The molecule has 0 bridgehead atoms. The fourth-order valence-electron chi connectivity index (χ4n) is 2.32. The predicted octanol–water partition coefficient (Wildman–Crippen LogP) is 1.47. The monoisotopic (exact) mass is 255 g/mol. The smallest absolute Gasteiger partial charge is 0.312 e. The van der Waals surface area contributed by atoms with Crippen LogP contribution in [0.2, 0.25) is 0 Å². The van der Waals surface area contributed by atoms with Gasteiger partial charge in [-0.1, -0.05) is 33.1 Å². The molecule has 1 rings (SSSR count). The van der Waals surface area contributed by atoms with Crippen LogP contribution < -0.4 is 11.1 Å². The van der Waals surface area contributed by atoms with Crippen LogP contribution >= 0.6 is 0 Å². The van der Waals surface area contributed by atoms with E-state index in [0.717, 1.165) is 32.4 Å². The van der Waals surface area contributed by atoms with E-state index in [2.05, 4.69) is 5.32 Å². The normalized spacial score (nSPS) is 19.8. The van der Waals surface area contributed by atoms with E-state index in [1.54, 1.807) is 0 Å². The number of hydrogen-bond donors (Lipinski definition) is 2.